The van der Waals surface area contributed by atoms with Crippen LogP contribution in [0.15, 0.2) is 24.3 Å². The summed E-state index contributed by atoms with van der Waals surface area (Å²) >= 11 is 0. The molecule has 0 saturated heterocycles. The first kappa shape index (κ1) is 15.5. The first-order valence-corrected chi connectivity index (χ1v) is 7.46. The number of nitrogens with zero attached hydrogens (tertiary/aromatic N) is 2. The Morgan fingerprint density at radius 1 is 1.29 bits per heavy atom. The number of aromatic nitrogens is 2. The van der Waals surface area contributed by atoms with Crippen LogP contribution in [0.25, 0.3) is 11.0 Å². The molecule has 0 aliphatic carbocycles. The number of carboxylic acids is 1. The SMILES string of the molecule is CC(C)n1c(CC(C)(C(=O)O)C(C)C)nc2ccccc21. The highest BCUT2D eigenvalue weighted by Gasteiger charge is 2.38. The third-order valence-corrected chi connectivity index (χ3v) is 4.47. The summed E-state index contributed by atoms with van der Waals surface area (Å²) in [7, 11) is 0. The molecule has 1 unspecified atom stereocenters. The minimum absolute atomic E-state index is 0.0374. The normalized spacial score (nSPS) is 14.8. The van der Waals surface area contributed by atoms with Gasteiger partial charge in [-0.1, -0.05) is 26.0 Å². The van der Waals surface area contributed by atoms with Gasteiger partial charge < -0.3 is 9.67 Å². The monoisotopic (exact) mass is 288 g/mol. The largest absolute Gasteiger partial charge is 0.481 e. The van der Waals surface area contributed by atoms with Gasteiger partial charge in [-0.3, -0.25) is 4.79 Å². The zero-order chi connectivity index (χ0) is 15.8. The van der Waals surface area contributed by atoms with Gasteiger partial charge in [0.15, 0.2) is 0 Å². The number of para-hydroxylation sites is 2. The van der Waals surface area contributed by atoms with Crippen molar-refractivity contribution in [2.24, 2.45) is 11.3 Å². The molecule has 0 aliphatic heterocycles. The van der Waals surface area contributed by atoms with Crippen LogP contribution in [-0.2, 0) is 11.2 Å². The van der Waals surface area contributed by atoms with Crippen molar-refractivity contribution in [3.63, 3.8) is 0 Å². The second kappa shape index (κ2) is 5.51. The fourth-order valence-electron chi connectivity index (χ4n) is 2.65. The molecular formula is C17H24N2O2. The van der Waals surface area contributed by atoms with E-state index < -0.39 is 11.4 Å². The molecule has 1 heterocycles. The quantitative estimate of drug-likeness (QED) is 0.907. The van der Waals surface area contributed by atoms with Crippen LogP contribution in [0.5, 0.6) is 0 Å². The van der Waals surface area contributed by atoms with Gasteiger partial charge in [0.2, 0.25) is 0 Å². The number of aliphatic carboxylic acids is 1. The molecule has 1 N–H and O–H groups in total. The topological polar surface area (TPSA) is 55.1 Å². The van der Waals surface area contributed by atoms with Crippen LogP contribution in [0.3, 0.4) is 0 Å². The van der Waals surface area contributed by atoms with E-state index in [4.69, 9.17) is 0 Å². The molecule has 1 atom stereocenters. The Hall–Kier alpha value is -1.84. The van der Waals surface area contributed by atoms with Crippen LogP contribution >= 0.6 is 0 Å². The molecule has 0 fully saturated rings. The lowest BCUT2D eigenvalue weighted by Crippen LogP contribution is -2.36. The van der Waals surface area contributed by atoms with Gasteiger partial charge in [0.05, 0.1) is 16.4 Å². The highest BCUT2D eigenvalue weighted by molar-refractivity contribution is 5.77. The van der Waals surface area contributed by atoms with E-state index in [9.17, 15) is 9.90 Å². The molecule has 1 aromatic carbocycles. The van der Waals surface area contributed by atoms with Gasteiger partial charge in [-0.15, -0.1) is 0 Å². The molecule has 0 radical (unpaired) electrons. The number of benzene rings is 1. The molecule has 4 heteroatoms. The van der Waals surface area contributed by atoms with Gasteiger partial charge in [-0.05, 0) is 38.8 Å². The van der Waals surface area contributed by atoms with Crippen molar-refractivity contribution in [2.75, 3.05) is 0 Å². The smallest absolute Gasteiger partial charge is 0.310 e. The van der Waals surface area contributed by atoms with Crippen LogP contribution in [0.1, 0.15) is 46.5 Å². The molecule has 0 bridgehead atoms. The molecule has 2 rings (SSSR count). The van der Waals surface area contributed by atoms with Crippen molar-refractivity contribution in [1.82, 2.24) is 9.55 Å². The molecular weight excluding hydrogens is 264 g/mol. The predicted octanol–water partition coefficient (Wildman–Crippen LogP) is 3.91. The van der Waals surface area contributed by atoms with Gasteiger partial charge in [0.25, 0.3) is 0 Å². The summed E-state index contributed by atoms with van der Waals surface area (Å²) in [4.78, 5) is 16.4. The number of hydrogen-bond donors (Lipinski definition) is 1. The number of carboxylic acid groups (broad SMARTS) is 1. The lowest BCUT2D eigenvalue weighted by atomic mass is 9.76. The van der Waals surface area contributed by atoms with E-state index in [2.05, 4.69) is 23.4 Å². The number of imidazole rings is 1. The number of fused-ring (bicyclic) bond motifs is 1. The summed E-state index contributed by atoms with van der Waals surface area (Å²) in [6.45, 7) is 9.92. The number of rotatable bonds is 5. The molecule has 0 aliphatic rings. The summed E-state index contributed by atoms with van der Waals surface area (Å²) in [5.74, 6) is 0.125. The molecule has 0 amide bonds. The fourth-order valence-corrected chi connectivity index (χ4v) is 2.65. The van der Waals surface area contributed by atoms with Gasteiger partial charge >= 0.3 is 5.97 Å². The lowest BCUT2D eigenvalue weighted by Gasteiger charge is -2.29. The van der Waals surface area contributed by atoms with Crippen molar-refractivity contribution in [3.05, 3.63) is 30.1 Å². The van der Waals surface area contributed by atoms with Crippen LogP contribution < -0.4 is 0 Å². The number of hydrogen-bond acceptors (Lipinski definition) is 2. The maximum Gasteiger partial charge on any atom is 0.310 e. The average molecular weight is 288 g/mol. The van der Waals surface area contributed by atoms with E-state index >= 15 is 0 Å². The Kier molecular flexibility index (Phi) is 4.08. The second-order valence-electron chi connectivity index (χ2n) is 6.53. The molecule has 1 aromatic heterocycles. The summed E-state index contributed by atoms with van der Waals surface area (Å²) in [5.41, 5.74) is 1.19. The second-order valence-corrected chi connectivity index (χ2v) is 6.53. The third-order valence-electron chi connectivity index (χ3n) is 4.47. The lowest BCUT2D eigenvalue weighted by molar-refractivity contribution is -0.150. The summed E-state index contributed by atoms with van der Waals surface area (Å²) in [6, 6.07) is 8.22. The maximum atomic E-state index is 11.7. The molecule has 114 valence electrons. The van der Waals surface area contributed by atoms with Crippen LogP contribution in [-0.4, -0.2) is 20.6 Å². The van der Waals surface area contributed by atoms with Crippen LogP contribution in [0.4, 0.5) is 0 Å². The first-order valence-electron chi connectivity index (χ1n) is 7.46. The highest BCUT2D eigenvalue weighted by Crippen LogP contribution is 2.33. The Bertz CT molecular complexity index is 658. The standard InChI is InChI=1S/C17H24N2O2/c1-11(2)17(5,16(20)21)10-15-18-13-8-6-7-9-14(13)19(15)12(3)4/h6-9,11-12H,10H2,1-5H3,(H,20,21). The van der Waals surface area contributed by atoms with Crippen molar-refractivity contribution >= 4 is 17.0 Å². The average Bonchev–Trinajstić information content (AvgIpc) is 2.75. The van der Waals surface area contributed by atoms with Crippen LogP contribution in [0, 0.1) is 11.3 Å². The zero-order valence-electron chi connectivity index (χ0n) is 13.4. The Labute approximate surface area is 125 Å². The Balaban J connectivity index is 2.56. The van der Waals surface area contributed by atoms with Gasteiger partial charge in [0.1, 0.15) is 5.82 Å². The van der Waals surface area contributed by atoms with E-state index in [1.54, 1.807) is 0 Å². The minimum atomic E-state index is -0.811. The summed E-state index contributed by atoms with van der Waals surface area (Å²) < 4.78 is 2.15. The molecule has 4 nitrogen and oxygen atoms in total. The van der Waals surface area contributed by atoms with E-state index in [1.165, 1.54) is 0 Å². The van der Waals surface area contributed by atoms with Gasteiger partial charge in [0, 0.05) is 12.5 Å². The fraction of sp³-hybridized carbons (Fsp3) is 0.529. The predicted molar refractivity (Wildman–Crippen MR) is 84.4 cm³/mol. The number of carbonyl (C=O) groups is 1. The molecule has 21 heavy (non-hydrogen) atoms. The zero-order valence-corrected chi connectivity index (χ0v) is 13.4. The molecule has 2 aromatic rings. The van der Waals surface area contributed by atoms with Crippen molar-refractivity contribution in [2.45, 2.75) is 47.1 Å². The summed E-state index contributed by atoms with van der Waals surface area (Å²) in [5, 5.41) is 9.63. The van der Waals surface area contributed by atoms with Crippen molar-refractivity contribution < 1.29 is 9.90 Å². The van der Waals surface area contributed by atoms with Crippen LogP contribution in [0.2, 0.25) is 0 Å². The highest BCUT2D eigenvalue weighted by atomic mass is 16.4. The minimum Gasteiger partial charge on any atom is -0.481 e. The maximum absolute atomic E-state index is 11.7. The van der Waals surface area contributed by atoms with Gasteiger partial charge in [-0.2, -0.15) is 0 Å². The van der Waals surface area contributed by atoms with E-state index in [0.717, 1.165) is 16.9 Å². The van der Waals surface area contributed by atoms with E-state index in [0.29, 0.717) is 6.42 Å². The Morgan fingerprint density at radius 3 is 2.43 bits per heavy atom. The molecule has 0 spiro atoms. The van der Waals surface area contributed by atoms with Crippen molar-refractivity contribution in [1.29, 1.82) is 0 Å². The molecule has 0 saturated carbocycles. The third kappa shape index (κ3) is 2.67. The van der Waals surface area contributed by atoms with Crippen molar-refractivity contribution in [3.8, 4) is 0 Å². The first-order chi connectivity index (χ1) is 9.77. The Morgan fingerprint density at radius 2 is 1.90 bits per heavy atom. The summed E-state index contributed by atoms with van der Waals surface area (Å²) in [6.07, 6.45) is 0.437. The van der Waals surface area contributed by atoms with Gasteiger partial charge in [-0.25, -0.2) is 4.98 Å². The van der Waals surface area contributed by atoms with E-state index in [1.807, 2.05) is 45.0 Å². The van der Waals surface area contributed by atoms with E-state index in [-0.39, 0.29) is 12.0 Å².